The summed E-state index contributed by atoms with van der Waals surface area (Å²) in [7, 11) is 0. The topological polar surface area (TPSA) is 80.1 Å². The van der Waals surface area contributed by atoms with Crippen LogP contribution in [0.4, 0.5) is 5.69 Å². The number of carbonyl (C=O) groups excluding carboxylic acids is 2. The van der Waals surface area contributed by atoms with Crippen molar-refractivity contribution in [1.82, 2.24) is 19.7 Å². The van der Waals surface area contributed by atoms with Gasteiger partial charge in [-0.1, -0.05) is 54.2 Å². The lowest BCUT2D eigenvalue weighted by Gasteiger charge is -2.19. The van der Waals surface area contributed by atoms with Crippen molar-refractivity contribution in [3.8, 4) is 11.4 Å². The molecule has 0 radical (unpaired) electrons. The summed E-state index contributed by atoms with van der Waals surface area (Å²) >= 11 is 1.31. The van der Waals surface area contributed by atoms with Gasteiger partial charge in [0, 0.05) is 36.4 Å². The average Bonchev–Trinajstić information content (AvgIpc) is 3.22. The second kappa shape index (κ2) is 11.3. The first kappa shape index (κ1) is 23.3. The number of nitrogens with one attached hydrogen (secondary N) is 1. The maximum absolute atomic E-state index is 12.6. The summed E-state index contributed by atoms with van der Waals surface area (Å²) in [5.74, 6) is 0.664. The lowest BCUT2D eigenvalue weighted by molar-refractivity contribution is -0.113. The number of allylic oxidation sites excluding steroid dienone is 1. The van der Waals surface area contributed by atoms with E-state index in [0.717, 1.165) is 11.4 Å². The highest BCUT2D eigenvalue weighted by Gasteiger charge is 2.16. The molecule has 0 atom stereocenters. The number of benzene rings is 2. The summed E-state index contributed by atoms with van der Waals surface area (Å²) in [6.45, 7) is 9.51. The smallest absolute Gasteiger partial charge is 0.253 e. The molecule has 0 spiro atoms. The van der Waals surface area contributed by atoms with Gasteiger partial charge in [-0.2, -0.15) is 0 Å². The van der Waals surface area contributed by atoms with Crippen molar-refractivity contribution in [2.75, 3.05) is 24.2 Å². The molecule has 1 aromatic heterocycles. The van der Waals surface area contributed by atoms with E-state index in [2.05, 4.69) is 22.1 Å². The molecule has 8 heteroatoms. The van der Waals surface area contributed by atoms with E-state index in [1.54, 1.807) is 35.2 Å². The van der Waals surface area contributed by atoms with Crippen LogP contribution < -0.4 is 5.32 Å². The van der Waals surface area contributed by atoms with Crippen LogP contribution in [-0.4, -0.2) is 50.3 Å². The van der Waals surface area contributed by atoms with Crippen LogP contribution in [0.25, 0.3) is 11.4 Å². The molecular weight excluding hydrogens is 422 g/mol. The quantitative estimate of drug-likeness (QED) is 0.368. The number of nitrogens with zero attached hydrogens (tertiary/aromatic N) is 4. The van der Waals surface area contributed by atoms with Crippen molar-refractivity contribution < 1.29 is 9.59 Å². The van der Waals surface area contributed by atoms with Crippen LogP contribution in [0, 0.1) is 0 Å². The molecule has 0 aliphatic heterocycles. The van der Waals surface area contributed by atoms with E-state index in [1.165, 1.54) is 11.8 Å². The maximum Gasteiger partial charge on any atom is 0.253 e. The molecule has 3 aromatic rings. The summed E-state index contributed by atoms with van der Waals surface area (Å²) in [6, 6.07) is 16.8. The van der Waals surface area contributed by atoms with Crippen LogP contribution in [-0.2, 0) is 11.3 Å². The molecule has 0 fully saturated rings. The Hall–Kier alpha value is -3.39. The van der Waals surface area contributed by atoms with E-state index in [4.69, 9.17) is 0 Å². The minimum Gasteiger partial charge on any atom is -0.339 e. The number of hydrogen-bond acceptors (Lipinski definition) is 5. The predicted octanol–water partition coefficient (Wildman–Crippen LogP) is 4.34. The number of amides is 2. The third-order valence-electron chi connectivity index (χ3n) is 4.84. The number of aromatic nitrogens is 3. The van der Waals surface area contributed by atoms with Crippen molar-refractivity contribution in [2.24, 2.45) is 0 Å². The first-order valence-corrected chi connectivity index (χ1v) is 11.5. The summed E-state index contributed by atoms with van der Waals surface area (Å²) in [4.78, 5) is 26.9. The maximum atomic E-state index is 12.6. The third kappa shape index (κ3) is 5.64. The number of hydrogen-bond donors (Lipinski definition) is 1. The van der Waals surface area contributed by atoms with Crippen molar-refractivity contribution in [1.29, 1.82) is 0 Å². The molecular formula is C24H27N5O2S. The Labute approximate surface area is 192 Å². The van der Waals surface area contributed by atoms with Gasteiger partial charge in [-0.15, -0.1) is 16.8 Å². The number of carbonyl (C=O) groups is 2. The van der Waals surface area contributed by atoms with Crippen molar-refractivity contribution in [3.05, 3.63) is 72.8 Å². The first-order chi connectivity index (χ1) is 15.6. The molecule has 3 rings (SSSR count). The zero-order valence-corrected chi connectivity index (χ0v) is 19.1. The van der Waals surface area contributed by atoms with Gasteiger partial charge in [0.05, 0.1) is 5.75 Å². The van der Waals surface area contributed by atoms with Crippen LogP contribution in [0.5, 0.6) is 0 Å². The zero-order valence-electron chi connectivity index (χ0n) is 18.3. The molecule has 0 unspecified atom stereocenters. The van der Waals surface area contributed by atoms with Crippen LogP contribution in [0.2, 0.25) is 0 Å². The lowest BCUT2D eigenvalue weighted by atomic mass is 10.1. The minimum atomic E-state index is -0.183. The zero-order chi connectivity index (χ0) is 22.9. The van der Waals surface area contributed by atoms with Gasteiger partial charge in [0.25, 0.3) is 5.91 Å². The van der Waals surface area contributed by atoms with Crippen molar-refractivity contribution >= 4 is 29.3 Å². The molecule has 0 aliphatic rings. The molecule has 166 valence electrons. The molecule has 0 bridgehead atoms. The third-order valence-corrected chi connectivity index (χ3v) is 5.80. The van der Waals surface area contributed by atoms with E-state index in [9.17, 15) is 9.59 Å². The Morgan fingerprint density at radius 3 is 2.53 bits per heavy atom. The Balaban J connectivity index is 1.67. The van der Waals surface area contributed by atoms with Gasteiger partial charge in [-0.25, -0.2) is 0 Å². The fourth-order valence-electron chi connectivity index (χ4n) is 3.24. The molecule has 32 heavy (non-hydrogen) atoms. The molecule has 1 heterocycles. The Morgan fingerprint density at radius 2 is 1.84 bits per heavy atom. The van der Waals surface area contributed by atoms with E-state index in [-0.39, 0.29) is 17.6 Å². The van der Waals surface area contributed by atoms with Crippen LogP contribution in [0.1, 0.15) is 24.2 Å². The van der Waals surface area contributed by atoms with Crippen molar-refractivity contribution in [3.63, 3.8) is 0 Å². The number of thioether (sulfide) groups is 1. The van der Waals surface area contributed by atoms with E-state index in [0.29, 0.717) is 36.0 Å². The number of anilines is 1. The molecule has 7 nitrogen and oxygen atoms in total. The largest absolute Gasteiger partial charge is 0.339 e. The summed E-state index contributed by atoms with van der Waals surface area (Å²) < 4.78 is 1.93. The summed E-state index contributed by atoms with van der Waals surface area (Å²) in [5.41, 5.74) is 2.09. The Kier molecular flexibility index (Phi) is 8.21. The van der Waals surface area contributed by atoms with Crippen LogP contribution >= 0.6 is 11.8 Å². The monoisotopic (exact) mass is 449 g/mol. The molecule has 0 aliphatic carbocycles. The fraction of sp³-hybridized carbons (Fsp3) is 0.250. The molecule has 0 saturated carbocycles. The van der Waals surface area contributed by atoms with Crippen LogP contribution in [0.15, 0.2) is 72.4 Å². The standard InChI is InChI=1S/C24H27N5O2S/c1-4-15-29-22(18-11-8-7-9-12-18)26-27-24(29)32-17-21(30)25-20-14-10-13-19(16-20)23(31)28(5-2)6-3/h4,7-14,16H,1,5-6,15,17H2,2-3H3,(H,25,30). The highest BCUT2D eigenvalue weighted by Crippen LogP contribution is 2.24. The van der Waals surface area contributed by atoms with Gasteiger partial charge >= 0.3 is 0 Å². The normalized spacial score (nSPS) is 10.6. The van der Waals surface area contributed by atoms with Gasteiger partial charge < -0.3 is 10.2 Å². The molecule has 2 amide bonds. The molecule has 2 aromatic carbocycles. The highest BCUT2D eigenvalue weighted by molar-refractivity contribution is 7.99. The van der Waals surface area contributed by atoms with Gasteiger partial charge in [0.1, 0.15) is 0 Å². The predicted molar refractivity (Wildman–Crippen MR) is 129 cm³/mol. The second-order valence-electron chi connectivity index (χ2n) is 6.97. The molecule has 0 saturated heterocycles. The molecule has 1 N–H and O–H groups in total. The minimum absolute atomic E-state index is 0.0496. The number of rotatable bonds is 10. The lowest BCUT2D eigenvalue weighted by Crippen LogP contribution is -2.30. The van der Waals surface area contributed by atoms with E-state index in [1.807, 2.05) is 48.7 Å². The second-order valence-corrected chi connectivity index (χ2v) is 7.91. The SMILES string of the molecule is C=CCn1c(SCC(=O)Nc2cccc(C(=O)N(CC)CC)c2)nnc1-c1ccccc1. The Morgan fingerprint density at radius 1 is 1.09 bits per heavy atom. The highest BCUT2D eigenvalue weighted by atomic mass is 32.2. The van der Waals surface area contributed by atoms with Gasteiger partial charge in [-0.3, -0.25) is 14.2 Å². The van der Waals surface area contributed by atoms with E-state index >= 15 is 0 Å². The fourth-order valence-corrected chi connectivity index (χ4v) is 3.99. The summed E-state index contributed by atoms with van der Waals surface area (Å²) in [6.07, 6.45) is 1.78. The summed E-state index contributed by atoms with van der Waals surface area (Å²) in [5, 5.41) is 12.1. The van der Waals surface area contributed by atoms with Gasteiger partial charge in [-0.05, 0) is 32.0 Å². The van der Waals surface area contributed by atoms with Gasteiger partial charge in [0.15, 0.2) is 11.0 Å². The first-order valence-electron chi connectivity index (χ1n) is 10.5. The van der Waals surface area contributed by atoms with Gasteiger partial charge in [0.2, 0.25) is 5.91 Å². The van der Waals surface area contributed by atoms with Crippen LogP contribution in [0.3, 0.4) is 0 Å². The van der Waals surface area contributed by atoms with E-state index < -0.39 is 0 Å². The van der Waals surface area contributed by atoms with Crippen molar-refractivity contribution in [2.45, 2.75) is 25.5 Å². The Bertz CT molecular complexity index is 1080. The average molecular weight is 450 g/mol.